The Bertz CT molecular complexity index is 225. The maximum absolute atomic E-state index is 5.53. The van der Waals surface area contributed by atoms with E-state index in [1.807, 2.05) is 0 Å². The quantitative estimate of drug-likeness (QED) is 0.140. The van der Waals surface area contributed by atoms with Crippen LogP contribution in [0.3, 0.4) is 0 Å². The van der Waals surface area contributed by atoms with Crippen LogP contribution in [-0.4, -0.2) is 13.2 Å². The highest BCUT2D eigenvalue weighted by molar-refractivity contribution is 4.51. The van der Waals surface area contributed by atoms with E-state index < -0.39 is 0 Å². The molecule has 0 saturated heterocycles. The average molecular weight is 396 g/mol. The summed E-state index contributed by atoms with van der Waals surface area (Å²) < 4.78 is 5.53. The minimum Gasteiger partial charge on any atom is -0.381 e. The maximum atomic E-state index is 5.53. The third kappa shape index (κ3) is 26.0. The second-order valence-corrected chi connectivity index (χ2v) is 8.89. The standard InChI is InChI=1S/C27H55O/c1-3-5-6-7-8-9-10-11-12-13-14-15-16-17-18-19-20-21-22-23-24-25-27-28-26-4-2/h1,3-27H2,2H3. The van der Waals surface area contributed by atoms with Gasteiger partial charge in [-0.1, -0.05) is 149 Å². The zero-order valence-electron chi connectivity index (χ0n) is 19.8. The molecule has 169 valence electrons. The highest BCUT2D eigenvalue weighted by Gasteiger charge is 1.96. The summed E-state index contributed by atoms with van der Waals surface area (Å²) in [5.41, 5.74) is 0. The van der Waals surface area contributed by atoms with Gasteiger partial charge in [-0.2, -0.15) is 0 Å². The first-order valence-electron chi connectivity index (χ1n) is 13.3. The molecular formula is C27H55O. The predicted octanol–water partition coefficient (Wildman–Crippen LogP) is 9.83. The molecule has 0 aromatic carbocycles. The van der Waals surface area contributed by atoms with Gasteiger partial charge in [0, 0.05) is 13.2 Å². The fourth-order valence-electron chi connectivity index (χ4n) is 3.99. The van der Waals surface area contributed by atoms with E-state index in [2.05, 4.69) is 13.8 Å². The number of hydrogen-bond acceptors (Lipinski definition) is 1. The van der Waals surface area contributed by atoms with Gasteiger partial charge in [-0.3, -0.25) is 0 Å². The molecule has 1 radical (unpaired) electrons. The summed E-state index contributed by atoms with van der Waals surface area (Å²) >= 11 is 0. The van der Waals surface area contributed by atoms with Crippen LogP contribution in [0.2, 0.25) is 0 Å². The minimum atomic E-state index is 0.942. The Kier molecular flexibility index (Phi) is 26.9. The van der Waals surface area contributed by atoms with Gasteiger partial charge in [-0.25, -0.2) is 0 Å². The van der Waals surface area contributed by atoms with Crippen molar-refractivity contribution < 1.29 is 4.74 Å². The molecule has 0 bridgehead atoms. The van der Waals surface area contributed by atoms with E-state index in [1.165, 1.54) is 135 Å². The van der Waals surface area contributed by atoms with Crippen LogP contribution in [0.1, 0.15) is 155 Å². The first kappa shape index (κ1) is 28.0. The van der Waals surface area contributed by atoms with E-state index in [1.54, 1.807) is 0 Å². The first-order valence-corrected chi connectivity index (χ1v) is 13.3. The van der Waals surface area contributed by atoms with E-state index >= 15 is 0 Å². The van der Waals surface area contributed by atoms with Crippen molar-refractivity contribution in [2.75, 3.05) is 13.2 Å². The van der Waals surface area contributed by atoms with Gasteiger partial charge in [0.2, 0.25) is 0 Å². The zero-order valence-corrected chi connectivity index (χ0v) is 19.8. The maximum Gasteiger partial charge on any atom is 0.0466 e. The summed E-state index contributed by atoms with van der Waals surface area (Å²) in [5.74, 6) is 0. The summed E-state index contributed by atoms with van der Waals surface area (Å²) in [7, 11) is 0. The van der Waals surface area contributed by atoms with Crippen molar-refractivity contribution in [3.8, 4) is 0 Å². The molecule has 0 fully saturated rings. The molecule has 28 heavy (non-hydrogen) atoms. The van der Waals surface area contributed by atoms with Gasteiger partial charge < -0.3 is 4.74 Å². The Labute approximate surface area is 179 Å². The van der Waals surface area contributed by atoms with Gasteiger partial charge in [0.15, 0.2) is 0 Å². The van der Waals surface area contributed by atoms with E-state index in [0.717, 1.165) is 26.1 Å². The van der Waals surface area contributed by atoms with Crippen molar-refractivity contribution in [1.82, 2.24) is 0 Å². The molecule has 0 aromatic heterocycles. The number of unbranched alkanes of at least 4 members (excludes halogenated alkanes) is 21. The molecule has 0 heterocycles. The minimum absolute atomic E-state index is 0.942. The van der Waals surface area contributed by atoms with Crippen molar-refractivity contribution in [3.63, 3.8) is 0 Å². The molecule has 0 rings (SSSR count). The van der Waals surface area contributed by atoms with Crippen molar-refractivity contribution in [2.45, 2.75) is 155 Å². The summed E-state index contributed by atoms with van der Waals surface area (Å²) in [6.45, 7) is 8.01. The molecule has 0 amide bonds. The monoisotopic (exact) mass is 395 g/mol. The molecule has 0 spiro atoms. The largest absolute Gasteiger partial charge is 0.381 e. The molecule has 1 heteroatoms. The zero-order chi connectivity index (χ0) is 20.4. The lowest BCUT2D eigenvalue weighted by Crippen LogP contribution is -1.95. The van der Waals surface area contributed by atoms with Gasteiger partial charge >= 0.3 is 0 Å². The van der Waals surface area contributed by atoms with Crippen LogP contribution >= 0.6 is 0 Å². The van der Waals surface area contributed by atoms with Crippen LogP contribution in [0.25, 0.3) is 0 Å². The predicted molar refractivity (Wildman–Crippen MR) is 128 cm³/mol. The summed E-state index contributed by atoms with van der Waals surface area (Å²) in [5, 5.41) is 0. The van der Waals surface area contributed by atoms with E-state index in [4.69, 9.17) is 4.74 Å². The Hall–Kier alpha value is -0.0400. The van der Waals surface area contributed by atoms with Crippen LogP contribution < -0.4 is 0 Å². The topological polar surface area (TPSA) is 9.23 Å². The second kappa shape index (κ2) is 27.0. The smallest absolute Gasteiger partial charge is 0.0466 e. The third-order valence-corrected chi connectivity index (χ3v) is 5.89. The van der Waals surface area contributed by atoms with E-state index in [-0.39, 0.29) is 0 Å². The second-order valence-electron chi connectivity index (χ2n) is 8.89. The Balaban J connectivity index is 2.96. The Morgan fingerprint density at radius 2 is 0.679 bits per heavy atom. The fraction of sp³-hybridized carbons (Fsp3) is 0.963. The van der Waals surface area contributed by atoms with Crippen molar-refractivity contribution >= 4 is 0 Å². The first-order chi connectivity index (χ1) is 13.9. The molecule has 0 saturated carbocycles. The Morgan fingerprint density at radius 1 is 0.393 bits per heavy atom. The molecule has 0 atom stereocenters. The summed E-state index contributed by atoms with van der Waals surface area (Å²) in [4.78, 5) is 0. The fourth-order valence-corrected chi connectivity index (χ4v) is 3.99. The third-order valence-electron chi connectivity index (χ3n) is 5.89. The molecule has 0 unspecified atom stereocenters. The number of rotatable bonds is 25. The normalized spacial score (nSPS) is 11.4. The van der Waals surface area contributed by atoms with Crippen LogP contribution in [0.5, 0.6) is 0 Å². The lowest BCUT2D eigenvalue weighted by atomic mass is 10.0. The molecule has 0 aliphatic carbocycles. The number of ether oxygens (including phenoxy) is 1. The van der Waals surface area contributed by atoms with Gasteiger partial charge in [0.1, 0.15) is 0 Å². The molecule has 0 aromatic rings. The van der Waals surface area contributed by atoms with Crippen LogP contribution in [-0.2, 0) is 4.74 Å². The van der Waals surface area contributed by atoms with Crippen molar-refractivity contribution in [1.29, 1.82) is 0 Å². The number of hydrogen-bond donors (Lipinski definition) is 0. The van der Waals surface area contributed by atoms with Crippen LogP contribution in [0.15, 0.2) is 0 Å². The van der Waals surface area contributed by atoms with Crippen molar-refractivity contribution in [2.24, 2.45) is 0 Å². The Morgan fingerprint density at radius 3 is 0.964 bits per heavy atom. The van der Waals surface area contributed by atoms with Gasteiger partial charge in [0.05, 0.1) is 0 Å². The van der Waals surface area contributed by atoms with Gasteiger partial charge in [-0.15, -0.1) is 0 Å². The highest BCUT2D eigenvalue weighted by Crippen LogP contribution is 2.15. The lowest BCUT2D eigenvalue weighted by Gasteiger charge is -2.04. The summed E-state index contributed by atoms with van der Waals surface area (Å²) in [6, 6.07) is 0. The van der Waals surface area contributed by atoms with Crippen LogP contribution in [0.4, 0.5) is 0 Å². The SMILES string of the molecule is [CH2]CCCCCCCCCCCCCCCCCCCCCCCOCCC. The van der Waals surface area contributed by atoms with E-state index in [0.29, 0.717) is 0 Å². The van der Waals surface area contributed by atoms with Crippen molar-refractivity contribution in [3.05, 3.63) is 6.92 Å². The molecule has 0 aliphatic rings. The highest BCUT2D eigenvalue weighted by atomic mass is 16.5. The molecular weight excluding hydrogens is 340 g/mol. The van der Waals surface area contributed by atoms with Gasteiger partial charge in [0.25, 0.3) is 0 Å². The lowest BCUT2D eigenvalue weighted by molar-refractivity contribution is 0.130. The van der Waals surface area contributed by atoms with Crippen LogP contribution in [0, 0.1) is 6.92 Å². The molecule has 0 N–H and O–H groups in total. The van der Waals surface area contributed by atoms with Gasteiger partial charge in [-0.05, 0) is 12.8 Å². The van der Waals surface area contributed by atoms with E-state index in [9.17, 15) is 0 Å². The molecule has 1 nitrogen and oxygen atoms in total. The average Bonchev–Trinajstić information content (AvgIpc) is 2.71. The molecule has 0 aliphatic heterocycles. The summed E-state index contributed by atoms with van der Waals surface area (Å²) in [6.07, 6.45) is 32.5.